The maximum Gasteiger partial charge on any atom is 0.164 e. The molecule has 0 N–H and O–H groups in total. The lowest BCUT2D eigenvalue weighted by Gasteiger charge is -2.21. The molecule has 1 aromatic heterocycles. The Morgan fingerprint density at radius 2 is 1.08 bits per heavy atom. The van der Waals surface area contributed by atoms with E-state index < -0.39 is 0 Å². The van der Waals surface area contributed by atoms with Gasteiger partial charge in [0.05, 0.1) is 0 Å². The van der Waals surface area contributed by atoms with Crippen LogP contribution in [0.2, 0.25) is 0 Å². The van der Waals surface area contributed by atoms with Gasteiger partial charge in [0.1, 0.15) is 11.5 Å². The maximum absolute atomic E-state index is 6.32. The molecule has 4 heteroatoms. The first kappa shape index (κ1) is 21.7. The minimum Gasteiger partial charge on any atom is -0.456 e. The van der Waals surface area contributed by atoms with Crippen molar-refractivity contribution in [1.29, 1.82) is 0 Å². The van der Waals surface area contributed by atoms with Crippen molar-refractivity contribution in [3.63, 3.8) is 0 Å². The zero-order valence-corrected chi connectivity index (χ0v) is 20.9. The molecule has 0 bridgehead atoms. The minimum absolute atomic E-state index is 0.626. The van der Waals surface area contributed by atoms with E-state index in [1.807, 2.05) is 66.7 Å². The lowest BCUT2D eigenvalue weighted by Crippen LogP contribution is -2.02. The Morgan fingerprint density at radius 3 is 1.95 bits per heavy atom. The summed E-state index contributed by atoms with van der Waals surface area (Å²) in [5.41, 5.74) is 5.02. The van der Waals surface area contributed by atoms with Crippen molar-refractivity contribution in [2.75, 3.05) is 0 Å². The van der Waals surface area contributed by atoms with Gasteiger partial charge in [-0.1, -0.05) is 103 Å². The molecule has 0 radical (unpaired) electrons. The Morgan fingerprint density at radius 1 is 0.410 bits per heavy atom. The van der Waals surface area contributed by atoms with Crippen LogP contribution in [0.25, 0.3) is 66.8 Å². The Kier molecular flexibility index (Phi) is 4.79. The summed E-state index contributed by atoms with van der Waals surface area (Å²) in [7, 11) is 0. The summed E-state index contributed by atoms with van der Waals surface area (Å²) in [6.45, 7) is 0. The van der Waals surface area contributed by atoms with Gasteiger partial charge in [-0.2, -0.15) is 0 Å². The van der Waals surface area contributed by atoms with Gasteiger partial charge in [0.2, 0.25) is 0 Å². The summed E-state index contributed by atoms with van der Waals surface area (Å²) in [5, 5.41) is 4.54. The van der Waals surface area contributed by atoms with Crippen molar-refractivity contribution < 1.29 is 4.74 Å². The van der Waals surface area contributed by atoms with Gasteiger partial charge >= 0.3 is 0 Å². The molecule has 0 aliphatic carbocycles. The van der Waals surface area contributed by atoms with Gasteiger partial charge in [-0.15, -0.1) is 0 Å². The zero-order chi connectivity index (χ0) is 25.8. The van der Waals surface area contributed by atoms with Gasteiger partial charge in [0.25, 0.3) is 0 Å². The number of hydrogen-bond acceptors (Lipinski definition) is 4. The van der Waals surface area contributed by atoms with Crippen LogP contribution < -0.4 is 4.74 Å². The molecule has 6 aromatic carbocycles. The molecule has 0 fully saturated rings. The lowest BCUT2D eigenvalue weighted by atomic mass is 9.93. The van der Waals surface area contributed by atoms with Crippen molar-refractivity contribution in [2.45, 2.75) is 0 Å². The molecule has 0 saturated carbocycles. The second-order valence-electron chi connectivity index (χ2n) is 9.67. The van der Waals surface area contributed by atoms with Gasteiger partial charge in [-0.3, -0.25) is 0 Å². The minimum atomic E-state index is 0.626. The lowest BCUT2D eigenvalue weighted by molar-refractivity contribution is 0.487. The third-order valence-corrected chi connectivity index (χ3v) is 7.31. The van der Waals surface area contributed by atoms with Crippen LogP contribution in [0.15, 0.2) is 127 Å². The monoisotopic (exact) mass is 499 g/mol. The highest BCUT2D eigenvalue weighted by Gasteiger charge is 2.21. The van der Waals surface area contributed by atoms with Crippen LogP contribution in [0.1, 0.15) is 0 Å². The first-order valence-electron chi connectivity index (χ1n) is 13.0. The van der Waals surface area contributed by atoms with Crippen LogP contribution in [-0.4, -0.2) is 15.0 Å². The number of ether oxygens (including phenoxy) is 1. The molecule has 2 heterocycles. The van der Waals surface area contributed by atoms with Crippen LogP contribution in [0.4, 0.5) is 0 Å². The second-order valence-corrected chi connectivity index (χ2v) is 9.67. The van der Waals surface area contributed by atoms with Crippen LogP contribution in [0.3, 0.4) is 0 Å². The summed E-state index contributed by atoms with van der Waals surface area (Å²) in [6, 6.07) is 43.4. The average Bonchev–Trinajstić information content (AvgIpc) is 3.01. The Bertz CT molecular complexity index is 2040. The second kappa shape index (κ2) is 8.61. The van der Waals surface area contributed by atoms with Crippen molar-refractivity contribution >= 4 is 21.5 Å². The summed E-state index contributed by atoms with van der Waals surface area (Å²) >= 11 is 0. The standard InChI is InChI=1S/C35H21N3O/c1-2-10-24(11-3-1)33-36-34(38-35(37-33)28-17-6-12-22-9-4-5-15-26(22)28)25-19-20-30-29(21-25)27-16-7-13-23-14-8-18-31(39-30)32(23)27/h1-21H. The van der Waals surface area contributed by atoms with E-state index in [1.165, 1.54) is 0 Å². The quantitative estimate of drug-likeness (QED) is 0.243. The Balaban J connectivity index is 1.35. The molecule has 1 aliphatic rings. The first-order valence-corrected chi connectivity index (χ1v) is 13.0. The summed E-state index contributed by atoms with van der Waals surface area (Å²) in [6.07, 6.45) is 0. The van der Waals surface area contributed by atoms with Gasteiger partial charge in [-0.05, 0) is 46.0 Å². The fourth-order valence-corrected chi connectivity index (χ4v) is 5.47. The number of rotatable bonds is 3. The van der Waals surface area contributed by atoms with E-state index in [0.717, 1.165) is 60.9 Å². The highest BCUT2D eigenvalue weighted by atomic mass is 16.5. The number of nitrogens with zero attached hydrogens (tertiary/aromatic N) is 3. The molecule has 39 heavy (non-hydrogen) atoms. The van der Waals surface area contributed by atoms with E-state index in [1.54, 1.807) is 0 Å². The molecule has 7 aromatic rings. The molecule has 0 saturated heterocycles. The normalized spacial score (nSPS) is 11.8. The Labute approximate surface area is 225 Å². The molecule has 0 unspecified atom stereocenters. The van der Waals surface area contributed by atoms with E-state index in [2.05, 4.69) is 60.7 Å². The van der Waals surface area contributed by atoms with Gasteiger partial charge in [-0.25, -0.2) is 15.0 Å². The van der Waals surface area contributed by atoms with E-state index >= 15 is 0 Å². The third-order valence-electron chi connectivity index (χ3n) is 7.31. The summed E-state index contributed by atoms with van der Waals surface area (Å²) in [5.74, 6) is 3.63. The molecule has 1 aliphatic heterocycles. The smallest absolute Gasteiger partial charge is 0.164 e. The largest absolute Gasteiger partial charge is 0.456 e. The summed E-state index contributed by atoms with van der Waals surface area (Å²) in [4.78, 5) is 14.9. The van der Waals surface area contributed by atoms with Gasteiger partial charge in [0, 0.05) is 27.6 Å². The topological polar surface area (TPSA) is 47.9 Å². The predicted molar refractivity (Wildman–Crippen MR) is 157 cm³/mol. The van der Waals surface area contributed by atoms with Gasteiger partial charge in [0.15, 0.2) is 17.5 Å². The van der Waals surface area contributed by atoms with Crippen LogP contribution in [0.5, 0.6) is 11.5 Å². The van der Waals surface area contributed by atoms with Crippen molar-refractivity contribution in [2.24, 2.45) is 0 Å². The number of fused-ring (bicyclic) bond motifs is 3. The molecule has 4 nitrogen and oxygen atoms in total. The van der Waals surface area contributed by atoms with Gasteiger partial charge < -0.3 is 4.74 Å². The third kappa shape index (κ3) is 3.57. The Hall–Kier alpha value is -5.35. The zero-order valence-electron chi connectivity index (χ0n) is 20.9. The van der Waals surface area contributed by atoms with Crippen molar-refractivity contribution in [3.05, 3.63) is 127 Å². The van der Waals surface area contributed by atoms with E-state index in [4.69, 9.17) is 19.7 Å². The molecule has 182 valence electrons. The van der Waals surface area contributed by atoms with Crippen molar-refractivity contribution in [1.82, 2.24) is 15.0 Å². The predicted octanol–water partition coefficient (Wildman–Crippen LogP) is 8.95. The van der Waals surface area contributed by atoms with Crippen LogP contribution in [0, 0.1) is 0 Å². The maximum atomic E-state index is 6.32. The summed E-state index contributed by atoms with van der Waals surface area (Å²) < 4.78 is 6.32. The fourth-order valence-electron chi connectivity index (χ4n) is 5.47. The van der Waals surface area contributed by atoms with Crippen LogP contribution >= 0.6 is 0 Å². The molecule has 0 amide bonds. The van der Waals surface area contributed by atoms with E-state index in [9.17, 15) is 0 Å². The number of aromatic nitrogens is 3. The fraction of sp³-hybridized carbons (Fsp3) is 0. The molecular formula is C35H21N3O. The highest BCUT2D eigenvalue weighted by Crippen LogP contribution is 2.47. The first-order chi connectivity index (χ1) is 19.3. The van der Waals surface area contributed by atoms with Crippen LogP contribution in [-0.2, 0) is 0 Å². The number of hydrogen-bond donors (Lipinski definition) is 0. The number of benzene rings is 6. The van der Waals surface area contributed by atoms with Crippen molar-refractivity contribution in [3.8, 4) is 56.8 Å². The van der Waals surface area contributed by atoms with E-state index in [0.29, 0.717) is 17.5 Å². The molecule has 8 rings (SSSR count). The molecule has 0 spiro atoms. The molecule has 0 atom stereocenters. The van der Waals surface area contributed by atoms with E-state index in [-0.39, 0.29) is 0 Å². The average molecular weight is 500 g/mol. The SMILES string of the molecule is c1ccc(-c2nc(-c3ccc4c(c3)-c3cccc5cccc(c35)O4)nc(-c3cccc4ccccc34)n2)cc1. The highest BCUT2D eigenvalue weighted by molar-refractivity contribution is 6.04. The molecular weight excluding hydrogens is 478 g/mol.